The van der Waals surface area contributed by atoms with E-state index in [1.54, 1.807) is 22.7 Å². The minimum Gasteiger partial charge on any atom is -0.279 e. The van der Waals surface area contributed by atoms with Crippen LogP contribution in [0.15, 0.2) is 77.7 Å². The van der Waals surface area contributed by atoms with E-state index in [1.807, 2.05) is 60.9 Å². The summed E-state index contributed by atoms with van der Waals surface area (Å²) in [4.78, 5) is 20.6. The fourth-order valence-corrected chi connectivity index (χ4v) is 4.28. The number of carbonyl (C=O) groups is 1. The number of thioether (sulfide) groups is 1. The van der Waals surface area contributed by atoms with Crippen LogP contribution in [0.2, 0.25) is 0 Å². The molecular formula is C22H17FN2OS2. The molecule has 28 heavy (non-hydrogen) atoms. The van der Waals surface area contributed by atoms with Crippen molar-refractivity contribution in [1.29, 1.82) is 0 Å². The summed E-state index contributed by atoms with van der Waals surface area (Å²) in [6.07, 6.45) is 2.00. The molecule has 3 aromatic carbocycles. The van der Waals surface area contributed by atoms with E-state index in [1.165, 1.54) is 23.5 Å². The second kappa shape index (κ2) is 8.12. The van der Waals surface area contributed by atoms with Gasteiger partial charge in [-0.2, -0.15) is 0 Å². The average Bonchev–Trinajstić information content (AvgIpc) is 3.15. The van der Waals surface area contributed by atoms with E-state index < -0.39 is 0 Å². The molecule has 0 radical (unpaired) electrons. The van der Waals surface area contributed by atoms with Gasteiger partial charge >= 0.3 is 0 Å². The Morgan fingerprint density at radius 2 is 1.82 bits per heavy atom. The smallest absolute Gasteiger partial charge is 0.260 e. The molecule has 0 spiro atoms. The molecule has 0 atom stereocenters. The first-order valence-electron chi connectivity index (χ1n) is 8.70. The van der Waals surface area contributed by atoms with Crippen LogP contribution in [0, 0.1) is 5.82 Å². The molecule has 0 unspecified atom stereocenters. The third-order valence-corrected chi connectivity index (χ3v) is 6.12. The van der Waals surface area contributed by atoms with Crippen LogP contribution in [0.4, 0.5) is 9.52 Å². The number of aromatic nitrogens is 1. The Labute approximate surface area is 170 Å². The molecule has 0 aliphatic rings. The zero-order valence-corrected chi connectivity index (χ0v) is 16.8. The standard InChI is InChI=1S/C22H17FN2OS2/c1-27-18-10-7-16(8-11-18)21(26)25(14-15-5-3-2-4-6-15)22-24-19-12-9-17(23)13-20(19)28-22/h2-13H,14H2,1H3. The predicted molar refractivity (Wildman–Crippen MR) is 115 cm³/mol. The van der Waals surface area contributed by atoms with Gasteiger partial charge in [0.25, 0.3) is 5.91 Å². The van der Waals surface area contributed by atoms with Crippen molar-refractivity contribution in [3.05, 3.63) is 89.7 Å². The number of anilines is 1. The van der Waals surface area contributed by atoms with Crippen LogP contribution in [0.3, 0.4) is 0 Å². The highest BCUT2D eigenvalue weighted by molar-refractivity contribution is 7.98. The van der Waals surface area contributed by atoms with Crippen molar-refractivity contribution in [2.75, 3.05) is 11.2 Å². The molecule has 0 saturated carbocycles. The van der Waals surface area contributed by atoms with Crippen molar-refractivity contribution >= 4 is 44.4 Å². The molecule has 0 aliphatic carbocycles. The van der Waals surface area contributed by atoms with E-state index in [4.69, 9.17) is 0 Å². The third-order valence-electron chi connectivity index (χ3n) is 4.34. The molecule has 1 heterocycles. The number of halogens is 1. The number of benzene rings is 3. The highest BCUT2D eigenvalue weighted by atomic mass is 32.2. The lowest BCUT2D eigenvalue weighted by Crippen LogP contribution is -2.30. The lowest BCUT2D eigenvalue weighted by atomic mass is 10.1. The fraction of sp³-hybridized carbons (Fsp3) is 0.0909. The van der Waals surface area contributed by atoms with Crippen molar-refractivity contribution in [2.24, 2.45) is 0 Å². The minimum absolute atomic E-state index is 0.129. The number of rotatable bonds is 5. The number of nitrogens with zero attached hydrogens (tertiary/aromatic N) is 2. The Bertz CT molecular complexity index is 1110. The van der Waals surface area contributed by atoms with E-state index in [0.29, 0.717) is 22.8 Å². The van der Waals surface area contributed by atoms with Crippen molar-refractivity contribution in [3.8, 4) is 0 Å². The summed E-state index contributed by atoms with van der Waals surface area (Å²) < 4.78 is 14.3. The summed E-state index contributed by atoms with van der Waals surface area (Å²) in [6.45, 7) is 0.395. The van der Waals surface area contributed by atoms with E-state index in [9.17, 15) is 9.18 Å². The fourth-order valence-electron chi connectivity index (χ4n) is 2.88. The zero-order valence-electron chi connectivity index (χ0n) is 15.1. The molecule has 3 nitrogen and oxygen atoms in total. The van der Waals surface area contributed by atoms with Crippen LogP contribution >= 0.6 is 23.1 Å². The van der Waals surface area contributed by atoms with E-state index in [0.717, 1.165) is 15.2 Å². The van der Waals surface area contributed by atoms with Crippen molar-refractivity contribution in [1.82, 2.24) is 4.98 Å². The number of fused-ring (bicyclic) bond motifs is 1. The number of hydrogen-bond acceptors (Lipinski definition) is 4. The largest absolute Gasteiger partial charge is 0.279 e. The molecule has 140 valence electrons. The monoisotopic (exact) mass is 408 g/mol. The van der Waals surface area contributed by atoms with Gasteiger partial charge in [0.15, 0.2) is 5.13 Å². The molecule has 1 aromatic heterocycles. The summed E-state index contributed by atoms with van der Waals surface area (Å²) in [5, 5.41) is 0.559. The second-order valence-corrected chi connectivity index (χ2v) is 8.10. The highest BCUT2D eigenvalue weighted by Crippen LogP contribution is 2.31. The Morgan fingerprint density at radius 3 is 2.54 bits per heavy atom. The maximum absolute atomic E-state index is 13.6. The molecule has 4 rings (SSSR count). The van der Waals surface area contributed by atoms with Crippen LogP contribution in [0.5, 0.6) is 0 Å². The first kappa shape index (κ1) is 18.7. The van der Waals surface area contributed by atoms with Crippen LogP contribution in [-0.4, -0.2) is 17.1 Å². The van der Waals surface area contributed by atoms with Gasteiger partial charge in [-0.15, -0.1) is 11.8 Å². The van der Waals surface area contributed by atoms with Gasteiger partial charge in [-0.25, -0.2) is 9.37 Å². The van der Waals surface area contributed by atoms with E-state index in [2.05, 4.69) is 4.98 Å². The van der Waals surface area contributed by atoms with Gasteiger partial charge in [-0.3, -0.25) is 9.69 Å². The maximum atomic E-state index is 13.6. The number of amides is 1. The normalized spacial score (nSPS) is 10.9. The first-order valence-corrected chi connectivity index (χ1v) is 10.7. The molecule has 0 N–H and O–H groups in total. The number of thiazole rings is 1. The maximum Gasteiger partial charge on any atom is 0.260 e. The van der Waals surface area contributed by atoms with Gasteiger partial charge in [0, 0.05) is 10.5 Å². The van der Waals surface area contributed by atoms with Crippen molar-refractivity contribution in [2.45, 2.75) is 11.4 Å². The molecular weight excluding hydrogens is 391 g/mol. The summed E-state index contributed by atoms with van der Waals surface area (Å²) in [5.74, 6) is -0.438. The molecule has 0 bridgehead atoms. The molecule has 6 heteroatoms. The predicted octanol–water partition coefficient (Wildman–Crippen LogP) is 6.00. The number of hydrogen-bond donors (Lipinski definition) is 0. The molecule has 1 amide bonds. The van der Waals surface area contributed by atoms with Crippen molar-refractivity contribution < 1.29 is 9.18 Å². The van der Waals surface area contributed by atoms with Gasteiger partial charge < -0.3 is 0 Å². The lowest BCUT2D eigenvalue weighted by molar-refractivity contribution is 0.0985. The topological polar surface area (TPSA) is 33.2 Å². The molecule has 0 aliphatic heterocycles. The van der Waals surface area contributed by atoms with Crippen LogP contribution in [-0.2, 0) is 6.54 Å². The van der Waals surface area contributed by atoms with Crippen LogP contribution < -0.4 is 4.90 Å². The van der Waals surface area contributed by atoms with Gasteiger partial charge in [0.05, 0.1) is 16.8 Å². The summed E-state index contributed by atoms with van der Waals surface area (Å²) in [6, 6.07) is 21.8. The molecule has 4 aromatic rings. The van der Waals surface area contributed by atoms with Gasteiger partial charge in [0.2, 0.25) is 0 Å². The van der Waals surface area contributed by atoms with Gasteiger partial charge in [-0.05, 0) is 54.3 Å². The van der Waals surface area contributed by atoms with Crippen LogP contribution in [0.25, 0.3) is 10.2 Å². The third kappa shape index (κ3) is 3.93. The minimum atomic E-state index is -0.309. The van der Waals surface area contributed by atoms with E-state index in [-0.39, 0.29) is 11.7 Å². The zero-order chi connectivity index (χ0) is 19.5. The molecule has 0 fully saturated rings. The van der Waals surface area contributed by atoms with Crippen LogP contribution in [0.1, 0.15) is 15.9 Å². The quantitative estimate of drug-likeness (QED) is 0.380. The van der Waals surface area contributed by atoms with Gasteiger partial charge in [-0.1, -0.05) is 41.7 Å². The number of carbonyl (C=O) groups excluding carboxylic acids is 1. The Balaban J connectivity index is 1.74. The molecule has 0 saturated heterocycles. The SMILES string of the molecule is CSc1ccc(C(=O)N(Cc2ccccc2)c2nc3ccc(F)cc3s2)cc1. The lowest BCUT2D eigenvalue weighted by Gasteiger charge is -2.20. The summed E-state index contributed by atoms with van der Waals surface area (Å²) in [5.41, 5.74) is 2.28. The Morgan fingerprint density at radius 1 is 1.07 bits per heavy atom. The average molecular weight is 409 g/mol. The van der Waals surface area contributed by atoms with E-state index >= 15 is 0 Å². The summed E-state index contributed by atoms with van der Waals surface area (Å²) >= 11 is 2.95. The highest BCUT2D eigenvalue weighted by Gasteiger charge is 2.22. The van der Waals surface area contributed by atoms with Crippen molar-refractivity contribution in [3.63, 3.8) is 0 Å². The van der Waals surface area contributed by atoms with Gasteiger partial charge in [0.1, 0.15) is 5.82 Å². The second-order valence-electron chi connectivity index (χ2n) is 6.21. The Kier molecular flexibility index (Phi) is 5.41. The summed E-state index contributed by atoms with van der Waals surface area (Å²) in [7, 11) is 0. The first-order chi connectivity index (χ1) is 13.6. The Hall–Kier alpha value is -2.70.